The van der Waals surface area contributed by atoms with E-state index in [0.29, 0.717) is 5.92 Å². The summed E-state index contributed by atoms with van der Waals surface area (Å²) in [5.41, 5.74) is 2.63. The minimum absolute atomic E-state index is 0.383. The van der Waals surface area contributed by atoms with Crippen molar-refractivity contribution in [3.63, 3.8) is 0 Å². The van der Waals surface area contributed by atoms with Crippen LogP contribution in [0, 0.1) is 6.92 Å². The van der Waals surface area contributed by atoms with E-state index in [2.05, 4.69) is 30.1 Å². The Labute approximate surface area is 112 Å². The highest BCUT2D eigenvalue weighted by Crippen LogP contribution is 2.35. The van der Waals surface area contributed by atoms with Gasteiger partial charge in [0.05, 0.1) is 6.54 Å². The third-order valence-electron chi connectivity index (χ3n) is 3.52. The Kier molecular flexibility index (Phi) is 2.92. The number of likely N-dealkylation sites (N-methyl/N-ethyl adjacent to an activating group) is 1. The van der Waals surface area contributed by atoms with Gasteiger partial charge in [0.15, 0.2) is 0 Å². The van der Waals surface area contributed by atoms with Crippen molar-refractivity contribution in [1.82, 2.24) is 4.90 Å². The van der Waals surface area contributed by atoms with Crippen molar-refractivity contribution in [3.05, 3.63) is 58.0 Å². The lowest BCUT2D eigenvalue weighted by Gasteiger charge is -2.29. The average molecular weight is 262 g/mol. The molecule has 1 aliphatic rings. The lowest BCUT2D eigenvalue weighted by atomic mass is 9.88. The summed E-state index contributed by atoms with van der Waals surface area (Å²) >= 11 is 5.95. The number of aryl methyl sites for hydroxylation is 1. The minimum atomic E-state index is 0.383. The fraction of sp³-hybridized carbons (Fsp3) is 0.333. The molecule has 0 saturated heterocycles. The number of hydrogen-bond donors (Lipinski definition) is 0. The van der Waals surface area contributed by atoms with Gasteiger partial charge in [-0.3, -0.25) is 4.90 Å². The number of hydrogen-bond acceptors (Lipinski definition) is 2. The van der Waals surface area contributed by atoms with Gasteiger partial charge in [0.1, 0.15) is 11.5 Å². The summed E-state index contributed by atoms with van der Waals surface area (Å²) in [6.45, 7) is 3.93. The van der Waals surface area contributed by atoms with Gasteiger partial charge in [0, 0.05) is 23.0 Å². The monoisotopic (exact) mass is 261 g/mol. The maximum atomic E-state index is 5.95. The third kappa shape index (κ3) is 2.06. The van der Waals surface area contributed by atoms with Crippen LogP contribution in [0.5, 0.6) is 0 Å². The van der Waals surface area contributed by atoms with E-state index in [9.17, 15) is 0 Å². The van der Waals surface area contributed by atoms with Gasteiger partial charge in [-0.05, 0) is 37.7 Å². The lowest BCUT2D eigenvalue weighted by Crippen LogP contribution is -2.30. The Balaban J connectivity index is 2.04. The van der Waals surface area contributed by atoms with Crippen LogP contribution in [0.2, 0.25) is 5.02 Å². The molecule has 1 aromatic heterocycles. The second-order valence-corrected chi connectivity index (χ2v) is 5.47. The Morgan fingerprint density at radius 3 is 2.72 bits per heavy atom. The lowest BCUT2D eigenvalue weighted by molar-refractivity contribution is 0.260. The normalized spacial score (nSPS) is 19.8. The first-order chi connectivity index (χ1) is 8.63. The molecule has 3 rings (SSSR count). The topological polar surface area (TPSA) is 16.4 Å². The van der Waals surface area contributed by atoms with Crippen LogP contribution in [-0.2, 0) is 6.54 Å². The summed E-state index contributed by atoms with van der Waals surface area (Å²) in [5, 5.41) is 0.784. The molecular weight excluding hydrogens is 246 g/mol. The van der Waals surface area contributed by atoms with Gasteiger partial charge >= 0.3 is 0 Å². The quantitative estimate of drug-likeness (QED) is 0.776. The van der Waals surface area contributed by atoms with Crippen molar-refractivity contribution in [1.29, 1.82) is 0 Å². The van der Waals surface area contributed by atoms with Crippen molar-refractivity contribution in [3.8, 4) is 0 Å². The van der Waals surface area contributed by atoms with Crippen molar-refractivity contribution >= 4 is 11.6 Å². The van der Waals surface area contributed by atoms with E-state index in [4.69, 9.17) is 16.0 Å². The van der Waals surface area contributed by atoms with Crippen LogP contribution in [0.1, 0.15) is 28.6 Å². The van der Waals surface area contributed by atoms with Gasteiger partial charge in [-0.2, -0.15) is 0 Å². The molecule has 0 radical (unpaired) electrons. The van der Waals surface area contributed by atoms with E-state index in [1.54, 1.807) is 0 Å². The predicted molar refractivity (Wildman–Crippen MR) is 73.1 cm³/mol. The number of rotatable bonds is 1. The summed E-state index contributed by atoms with van der Waals surface area (Å²) in [7, 11) is 2.13. The molecule has 0 bridgehead atoms. The summed E-state index contributed by atoms with van der Waals surface area (Å²) < 4.78 is 5.78. The first kappa shape index (κ1) is 11.8. The van der Waals surface area contributed by atoms with Gasteiger partial charge < -0.3 is 4.42 Å². The summed E-state index contributed by atoms with van der Waals surface area (Å²) in [5.74, 6) is 2.48. The second-order valence-electron chi connectivity index (χ2n) is 5.04. The molecule has 0 amide bonds. The van der Waals surface area contributed by atoms with Crippen LogP contribution in [0.25, 0.3) is 0 Å². The number of furan rings is 1. The first-order valence-electron chi connectivity index (χ1n) is 6.16. The highest BCUT2D eigenvalue weighted by atomic mass is 35.5. The molecule has 1 atom stereocenters. The van der Waals surface area contributed by atoms with Crippen molar-refractivity contribution in [2.45, 2.75) is 19.4 Å². The molecule has 2 heterocycles. The zero-order valence-electron chi connectivity index (χ0n) is 10.6. The molecule has 0 fully saturated rings. The Hall–Kier alpha value is -1.25. The molecule has 0 spiro atoms. The maximum Gasteiger partial charge on any atom is 0.121 e. The highest BCUT2D eigenvalue weighted by Gasteiger charge is 2.27. The fourth-order valence-electron chi connectivity index (χ4n) is 2.70. The van der Waals surface area contributed by atoms with E-state index in [0.717, 1.165) is 29.6 Å². The Morgan fingerprint density at radius 1 is 1.28 bits per heavy atom. The third-order valence-corrected chi connectivity index (χ3v) is 3.77. The van der Waals surface area contributed by atoms with Crippen molar-refractivity contribution in [2.75, 3.05) is 13.6 Å². The summed E-state index contributed by atoms with van der Waals surface area (Å²) in [4.78, 5) is 2.30. The zero-order chi connectivity index (χ0) is 12.7. The van der Waals surface area contributed by atoms with Crippen LogP contribution < -0.4 is 0 Å². The minimum Gasteiger partial charge on any atom is -0.465 e. The SMILES string of the molecule is Cc1cc2c(o1)CN(C)CC2c1ccc(Cl)cc1. The van der Waals surface area contributed by atoms with E-state index in [-0.39, 0.29) is 0 Å². The largest absolute Gasteiger partial charge is 0.465 e. The molecular formula is C15H16ClNO. The van der Waals surface area contributed by atoms with Gasteiger partial charge in [0.2, 0.25) is 0 Å². The van der Waals surface area contributed by atoms with Gasteiger partial charge in [0.25, 0.3) is 0 Å². The predicted octanol–water partition coefficient (Wildman–Crippen LogP) is 3.82. The molecule has 3 heteroatoms. The molecule has 1 unspecified atom stereocenters. The average Bonchev–Trinajstić information content (AvgIpc) is 2.69. The molecule has 0 N–H and O–H groups in total. The van der Waals surface area contributed by atoms with Crippen LogP contribution in [0.3, 0.4) is 0 Å². The molecule has 1 aliphatic heterocycles. The van der Waals surface area contributed by atoms with E-state index in [1.807, 2.05) is 19.1 Å². The van der Waals surface area contributed by atoms with Gasteiger partial charge in [-0.1, -0.05) is 23.7 Å². The molecule has 1 aromatic carbocycles. The van der Waals surface area contributed by atoms with Gasteiger partial charge in [-0.25, -0.2) is 0 Å². The number of halogens is 1. The van der Waals surface area contributed by atoms with Crippen LogP contribution >= 0.6 is 11.6 Å². The molecule has 0 aliphatic carbocycles. The van der Waals surface area contributed by atoms with E-state index >= 15 is 0 Å². The highest BCUT2D eigenvalue weighted by molar-refractivity contribution is 6.30. The molecule has 2 nitrogen and oxygen atoms in total. The number of nitrogens with zero attached hydrogens (tertiary/aromatic N) is 1. The van der Waals surface area contributed by atoms with Crippen LogP contribution in [0.15, 0.2) is 34.7 Å². The molecule has 18 heavy (non-hydrogen) atoms. The standard InChI is InChI=1S/C15H16ClNO/c1-10-7-13-14(8-17(2)9-15(13)18-10)11-3-5-12(16)6-4-11/h3-7,14H,8-9H2,1-2H3. The van der Waals surface area contributed by atoms with Crippen molar-refractivity contribution < 1.29 is 4.42 Å². The van der Waals surface area contributed by atoms with Gasteiger partial charge in [-0.15, -0.1) is 0 Å². The Bertz CT molecular complexity index is 558. The number of fused-ring (bicyclic) bond motifs is 1. The maximum absolute atomic E-state index is 5.95. The smallest absolute Gasteiger partial charge is 0.121 e. The molecule has 2 aromatic rings. The fourth-order valence-corrected chi connectivity index (χ4v) is 2.83. The summed E-state index contributed by atoms with van der Waals surface area (Å²) in [6.07, 6.45) is 0. The molecule has 94 valence electrons. The van der Waals surface area contributed by atoms with E-state index in [1.165, 1.54) is 11.1 Å². The van der Waals surface area contributed by atoms with Crippen LogP contribution in [0.4, 0.5) is 0 Å². The van der Waals surface area contributed by atoms with Crippen LogP contribution in [-0.4, -0.2) is 18.5 Å². The van der Waals surface area contributed by atoms with Crippen molar-refractivity contribution in [2.24, 2.45) is 0 Å². The first-order valence-corrected chi connectivity index (χ1v) is 6.54. The van der Waals surface area contributed by atoms with E-state index < -0.39 is 0 Å². The Morgan fingerprint density at radius 2 is 2.00 bits per heavy atom. The number of benzene rings is 1. The molecule has 0 saturated carbocycles. The summed E-state index contributed by atoms with van der Waals surface area (Å²) in [6, 6.07) is 10.3. The zero-order valence-corrected chi connectivity index (χ0v) is 11.4. The second kappa shape index (κ2) is 4.45.